The van der Waals surface area contributed by atoms with Crippen molar-refractivity contribution in [2.75, 3.05) is 14.2 Å². The molecule has 0 atom stereocenters. The second kappa shape index (κ2) is 3.88. The van der Waals surface area contributed by atoms with Crippen molar-refractivity contribution in [1.82, 2.24) is 4.98 Å². The molecule has 0 aromatic carbocycles. The van der Waals surface area contributed by atoms with Crippen LogP contribution in [0.3, 0.4) is 0 Å². The molecule has 0 unspecified atom stereocenters. The molecule has 1 N–H and O–H groups in total. The lowest BCUT2D eigenvalue weighted by molar-refractivity contribution is 0.229. The molecule has 1 rings (SSSR count). The largest absolute Gasteiger partial charge is 0.394 e. The van der Waals surface area contributed by atoms with E-state index in [-0.39, 0.29) is 5.04 Å². The zero-order valence-corrected chi connectivity index (χ0v) is 10.5. The highest BCUT2D eigenvalue weighted by Crippen LogP contribution is 2.36. The standard InChI is InChI=1S/C10H19NO2Si/c1-10(2,3)14(12-4,13-5)9-7-6-8-11-9/h6-8,11H,1-5H3. The minimum atomic E-state index is -2.32. The first-order valence-electron chi connectivity index (χ1n) is 4.72. The van der Waals surface area contributed by atoms with E-state index in [9.17, 15) is 0 Å². The van der Waals surface area contributed by atoms with Crippen molar-refractivity contribution >= 4 is 13.9 Å². The summed E-state index contributed by atoms with van der Waals surface area (Å²) in [5.74, 6) is 0. The highest BCUT2D eigenvalue weighted by molar-refractivity contribution is 6.82. The van der Waals surface area contributed by atoms with Crippen LogP contribution in [0, 0.1) is 0 Å². The van der Waals surface area contributed by atoms with Crippen LogP contribution in [0.15, 0.2) is 18.3 Å². The van der Waals surface area contributed by atoms with E-state index in [4.69, 9.17) is 8.85 Å². The molecule has 0 aliphatic carbocycles. The summed E-state index contributed by atoms with van der Waals surface area (Å²) in [5, 5.41) is 1.08. The number of hydrogen-bond donors (Lipinski definition) is 1. The normalized spacial score (nSPS) is 13.2. The van der Waals surface area contributed by atoms with Crippen LogP contribution < -0.4 is 5.32 Å². The average molecular weight is 213 g/mol. The van der Waals surface area contributed by atoms with E-state index < -0.39 is 8.56 Å². The molecule has 0 saturated heterocycles. The van der Waals surface area contributed by atoms with Gasteiger partial charge in [0.25, 0.3) is 0 Å². The molecule has 14 heavy (non-hydrogen) atoms. The Morgan fingerprint density at radius 2 is 1.79 bits per heavy atom. The maximum Gasteiger partial charge on any atom is 0.394 e. The molecular weight excluding hydrogens is 194 g/mol. The SMILES string of the molecule is CO[Si](OC)(c1ccc[nH]1)C(C)(C)C. The molecule has 80 valence electrons. The monoisotopic (exact) mass is 213 g/mol. The van der Waals surface area contributed by atoms with Crippen LogP contribution in [-0.2, 0) is 8.85 Å². The number of aromatic amines is 1. The molecule has 0 aliphatic rings. The maximum atomic E-state index is 5.68. The summed E-state index contributed by atoms with van der Waals surface area (Å²) >= 11 is 0. The Hall–Kier alpha value is -0.583. The number of rotatable bonds is 3. The molecule has 0 saturated carbocycles. The van der Waals surface area contributed by atoms with Gasteiger partial charge in [0.2, 0.25) is 0 Å². The Morgan fingerprint density at radius 1 is 1.21 bits per heavy atom. The van der Waals surface area contributed by atoms with Crippen LogP contribution in [0.25, 0.3) is 0 Å². The summed E-state index contributed by atoms with van der Waals surface area (Å²) in [5.41, 5.74) is 0. The van der Waals surface area contributed by atoms with Crippen LogP contribution in [-0.4, -0.2) is 27.8 Å². The molecule has 0 spiro atoms. The van der Waals surface area contributed by atoms with Crippen molar-refractivity contribution in [1.29, 1.82) is 0 Å². The molecule has 0 amide bonds. The minimum absolute atomic E-state index is 0.00134. The Kier molecular flexibility index (Phi) is 3.19. The van der Waals surface area contributed by atoms with Crippen molar-refractivity contribution in [3.63, 3.8) is 0 Å². The molecule has 0 aliphatic heterocycles. The van der Waals surface area contributed by atoms with Gasteiger partial charge in [0.05, 0.1) is 5.32 Å². The molecule has 1 heterocycles. The average Bonchev–Trinajstić information content (AvgIpc) is 2.58. The maximum absolute atomic E-state index is 5.68. The van der Waals surface area contributed by atoms with Gasteiger partial charge in [-0.3, -0.25) is 0 Å². The van der Waals surface area contributed by atoms with E-state index in [1.807, 2.05) is 18.3 Å². The lowest BCUT2D eigenvalue weighted by Gasteiger charge is -2.37. The van der Waals surface area contributed by atoms with Gasteiger partial charge in [-0.15, -0.1) is 0 Å². The van der Waals surface area contributed by atoms with Gasteiger partial charge in [-0.2, -0.15) is 0 Å². The smallest absolute Gasteiger partial charge is 0.393 e. The number of aromatic nitrogens is 1. The third-order valence-corrected chi connectivity index (χ3v) is 6.66. The number of nitrogens with one attached hydrogen (secondary N) is 1. The second-order valence-electron chi connectivity index (χ2n) is 4.36. The van der Waals surface area contributed by atoms with E-state index in [0.717, 1.165) is 5.32 Å². The summed E-state index contributed by atoms with van der Waals surface area (Å²) in [6, 6.07) is 4.01. The topological polar surface area (TPSA) is 34.2 Å². The molecule has 1 aromatic rings. The van der Waals surface area contributed by atoms with E-state index in [2.05, 4.69) is 25.8 Å². The fraction of sp³-hybridized carbons (Fsp3) is 0.600. The van der Waals surface area contributed by atoms with Crippen LogP contribution in [0.5, 0.6) is 0 Å². The fourth-order valence-corrected chi connectivity index (χ4v) is 5.08. The zero-order valence-electron chi connectivity index (χ0n) is 9.55. The summed E-state index contributed by atoms with van der Waals surface area (Å²) < 4.78 is 11.4. The molecule has 0 fully saturated rings. The van der Waals surface area contributed by atoms with Crippen molar-refractivity contribution in [3.8, 4) is 0 Å². The van der Waals surface area contributed by atoms with Gasteiger partial charge in [-0.05, 0) is 12.1 Å². The van der Waals surface area contributed by atoms with Gasteiger partial charge in [-0.1, -0.05) is 20.8 Å². The molecule has 3 nitrogen and oxygen atoms in total. The Balaban J connectivity index is 3.17. The number of hydrogen-bond acceptors (Lipinski definition) is 2. The summed E-state index contributed by atoms with van der Waals surface area (Å²) in [6.45, 7) is 6.44. The predicted molar refractivity (Wildman–Crippen MR) is 59.9 cm³/mol. The van der Waals surface area contributed by atoms with Crippen molar-refractivity contribution < 1.29 is 8.85 Å². The number of H-pyrrole nitrogens is 1. The highest BCUT2D eigenvalue weighted by atomic mass is 28.4. The molecule has 4 heteroatoms. The fourth-order valence-electron chi connectivity index (χ4n) is 1.85. The summed E-state index contributed by atoms with van der Waals surface area (Å²) in [4.78, 5) is 3.20. The van der Waals surface area contributed by atoms with Gasteiger partial charge < -0.3 is 13.8 Å². The first-order valence-corrected chi connectivity index (χ1v) is 6.54. The predicted octanol–water partition coefficient (Wildman–Crippen LogP) is 1.76. The summed E-state index contributed by atoms with van der Waals surface area (Å²) in [6.07, 6.45) is 1.90. The van der Waals surface area contributed by atoms with Gasteiger partial charge in [-0.25, -0.2) is 0 Å². The van der Waals surface area contributed by atoms with E-state index in [1.165, 1.54) is 0 Å². The van der Waals surface area contributed by atoms with Crippen LogP contribution in [0.2, 0.25) is 5.04 Å². The molecule has 0 radical (unpaired) electrons. The van der Waals surface area contributed by atoms with Gasteiger partial charge in [0.15, 0.2) is 0 Å². The first-order chi connectivity index (χ1) is 6.48. The molecular formula is C10H19NO2Si. The van der Waals surface area contributed by atoms with Gasteiger partial charge in [0.1, 0.15) is 0 Å². The van der Waals surface area contributed by atoms with Crippen molar-refractivity contribution in [2.24, 2.45) is 0 Å². The Morgan fingerprint density at radius 3 is 2.07 bits per heavy atom. The molecule has 1 aromatic heterocycles. The quantitative estimate of drug-likeness (QED) is 0.776. The Bertz CT molecular complexity index is 273. The third-order valence-electron chi connectivity index (χ3n) is 2.51. The second-order valence-corrected chi connectivity index (χ2v) is 8.45. The lowest BCUT2D eigenvalue weighted by Crippen LogP contribution is -2.59. The van der Waals surface area contributed by atoms with Crippen LogP contribution >= 0.6 is 0 Å². The van der Waals surface area contributed by atoms with Crippen molar-refractivity contribution in [3.05, 3.63) is 18.3 Å². The highest BCUT2D eigenvalue weighted by Gasteiger charge is 2.50. The van der Waals surface area contributed by atoms with Crippen LogP contribution in [0.1, 0.15) is 20.8 Å². The first kappa shape index (κ1) is 11.5. The minimum Gasteiger partial charge on any atom is -0.393 e. The van der Waals surface area contributed by atoms with Gasteiger partial charge in [0, 0.05) is 25.5 Å². The molecule has 0 bridgehead atoms. The Labute approximate surface area is 86.7 Å². The lowest BCUT2D eigenvalue weighted by atomic mass is 10.2. The van der Waals surface area contributed by atoms with E-state index >= 15 is 0 Å². The van der Waals surface area contributed by atoms with Crippen LogP contribution in [0.4, 0.5) is 0 Å². The third kappa shape index (κ3) is 1.65. The van der Waals surface area contributed by atoms with E-state index in [1.54, 1.807) is 14.2 Å². The zero-order chi connectivity index (χ0) is 10.8. The van der Waals surface area contributed by atoms with Crippen molar-refractivity contribution in [2.45, 2.75) is 25.8 Å². The van der Waals surface area contributed by atoms with E-state index in [0.29, 0.717) is 0 Å². The summed E-state index contributed by atoms with van der Waals surface area (Å²) in [7, 11) is 1.12. The van der Waals surface area contributed by atoms with Gasteiger partial charge >= 0.3 is 8.56 Å².